The van der Waals surface area contributed by atoms with Crippen molar-refractivity contribution >= 4 is 5.71 Å². The minimum absolute atomic E-state index is 0.967. The van der Waals surface area contributed by atoms with Crippen LogP contribution in [0.25, 0.3) is 0 Å². The maximum Gasteiger partial charge on any atom is 0.0660 e. The van der Waals surface area contributed by atoms with Crippen molar-refractivity contribution in [2.45, 2.75) is 34.1 Å². The Labute approximate surface area is 93.6 Å². The van der Waals surface area contributed by atoms with Gasteiger partial charge in [0, 0.05) is 5.71 Å². The topological polar surface area (TPSA) is 12.4 Å². The summed E-state index contributed by atoms with van der Waals surface area (Å²) in [7, 11) is 0. The van der Waals surface area contributed by atoms with E-state index >= 15 is 0 Å². The summed E-state index contributed by atoms with van der Waals surface area (Å²) >= 11 is 0. The highest BCUT2D eigenvalue weighted by atomic mass is 14.7. The summed E-state index contributed by atoms with van der Waals surface area (Å²) in [6, 6.07) is 0. The summed E-state index contributed by atoms with van der Waals surface area (Å²) in [5, 5.41) is 0. The van der Waals surface area contributed by atoms with Crippen LogP contribution in [0.5, 0.6) is 0 Å². The Morgan fingerprint density at radius 2 is 1.73 bits per heavy atom. The van der Waals surface area contributed by atoms with Crippen molar-refractivity contribution < 1.29 is 0 Å². The first-order valence-corrected chi connectivity index (χ1v) is 5.23. The first kappa shape index (κ1) is 13.6. The molecule has 0 saturated heterocycles. The third kappa shape index (κ3) is 5.16. The quantitative estimate of drug-likeness (QED) is 0.462. The number of hydrogen-bond acceptors (Lipinski definition) is 1. The average Bonchev–Trinajstić information content (AvgIpc) is 2.26. The molecule has 0 aliphatic carbocycles. The van der Waals surface area contributed by atoms with Gasteiger partial charge in [0.1, 0.15) is 0 Å². The first-order chi connectivity index (χ1) is 7.04. The van der Waals surface area contributed by atoms with Crippen molar-refractivity contribution in [3.05, 3.63) is 48.2 Å². The minimum Gasteiger partial charge on any atom is -0.258 e. The monoisotopic (exact) mass is 203 g/mol. The number of rotatable bonds is 5. The standard InChI is InChI=1S/C14H21N/c1-7-11(4)10-14(12(5)8-2)15-13(6)9-3/h7-8,10H,1-2,9H2,3-6H3/b11-10-,14-12+,15-13-. The van der Waals surface area contributed by atoms with E-state index < -0.39 is 0 Å². The molecular weight excluding hydrogens is 182 g/mol. The zero-order valence-electron chi connectivity index (χ0n) is 10.3. The highest BCUT2D eigenvalue weighted by Crippen LogP contribution is 2.12. The summed E-state index contributed by atoms with van der Waals surface area (Å²) in [4.78, 5) is 4.55. The van der Waals surface area contributed by atoms with Crippen LogP contribution in [0.1, 0.15) is 34.1 Å². The van der Waals surface area contributed by atoms with Gasteiger partial charge in [-0.2, -0.15) is 0 Å². The molecule has 0 heterocycles. The lowest BCUT2D eigenvalue weighted by molar-refractivity contribution is 1.21. The number of allylic oxidation sites excluding steroid dienone is 5. The molecule has 0 radical (unpaired) electrons. The normalized spacial score (nSPS) is 14.7. The molecule has 0 aromatic heterocycles. The van der Waals surface area contributed by atoms with E-state index in [1.54, 1.807) is 0 Å². The lowest BCUT2D eigenvalue weighted by Gasteiger charge is -2.02. The molecule has 0 aliphatic heterocycles. The van der Waals surface area contributed by atoms with Crippen molar-refractivity contribution in [2.75, 3.05) is 0 Å². The van der Waals surface area contributed by atoms with Gasteiger partial charge in [0.15, 0.2) is 0 Å². The molecule has 0 aromatic carbocycles. The Hall–Kier alpha value is -1.37. The Morgan fingerprint density at radius 1 is 1.13 bits per heavy atom. The fourth-order valence-electron chi connectivity index (χ4n) is 0.898. The van der Waals surface area contributed by atoms with Crippen LogP contribution in [0, 0.1) is 0 Å². The Morgan fingerprint density at radius 3 is 2.13 bits per heavy atom. The molecule has 0 aliphatic rings. The van der Waals surface area contributed by atoms with Gasteiger partial charge in [-0.1, -0.05) is 32.2 Å². The first-order valence-electron chi connectivity index (χ1n) is 5.23. The van der Waals surface area contributed by atoms with Crippen LogP contribution >= 0.6 is 0 Å². The van der Waals surface area contributed by atoms with E-state index in [-0.39, 0.29) is 0 Å². The highest BCUT2D eigenvalue weighted by molar-refractivity contribution is 5.83. The van der Waals surface area contributed by atoms with Crippen LogP contribution in [0.15, 0.2) is 53.2 Å². The predicted octanol–water partition coefficient (Wildman–Crippen LogP) is 4.45. The predicted molar refractivity (Wildman–Crippen MR) is 70.3 cm³/mol. The van der Waals surface area contributed by atoms with Gasteiger partial charge >= 0.3 is 0 Å². The maximum atomic E-state index is 4.55. The van der Waals surface area contributed by atoms with Gasteiger partial charge in [0.25, 0.3) is 0 Å². The van der Waals surface area contributed by atoms with E-state index in [1.807, 2.05) is 39.0 Å². The largest absolute Gasteiger partial charge is 0.258 e. The van der Waals surface area contributed by atoms with Crippen LogP contribution in [0.2, 0.25) is 0 Å². The molecule has 1 nitrogen and oxygen atoms in total. The lowest BCUT2D eigenvalue weighted by Crippen LogP contribution is -1.90. The Bertz CT molecular complexity index is 327. The second kappa shape index (κ2) is 6.99. The van der Waals surface area contributed by atoms with E-state index in [1.165, 1.54) is 0 Å². The number of hydrogen-bond donors (Lipinski definition) is 0. The molecule has 0 spiro atoms. The molecule has 82 valence electrons. The third-order valence-corrected chi connectivity index (χ3v) is 2.22. The average molecular weight is 203 g/mol. The van der Waals surface area contributed by atoms with Crippen LogP contribution < -0.4 is 0 Å². The minimum atomic E-state index is 0.967. The Kier molecular flexibility index (Phi) is 6.35. The third-order valence-electron chi connectivity index (χ3n) is 2.22. The van der Waals surface area contributed by atoms with Crippen molar-refractivity contribution in [3.8, 4) is 0 Å². The van der Waals surface area contributed by atoms with Gasteiger partial charge in [-0.25, -0.2) is 0 Å². The van der Waals surface area contributed by atoms with E-state index in [0.29, 0.717) is 0 Å². The zero-order chi connectivity index (χ0) is 11.8. The highest BCUT2D eigenvalue weighted by Gasteiger charge is 1.96. The van der Waals surface area contributed by atoms with Gasteiger partial charge < -0.3 is 0 Å². The molecule has 0 bridgehead atoms. The molecule has 0 N–H and O–H groups in total. The molecule has 15 heavy (non-hydrogen) atoms. The maximum absolute atomic E-state index is 4.55. The van der Waals surface area contributed by atoms with E-state index in [2.05, 4.69) is 25.1 Å². The second-order valence-electron chi connectivity index (χ2n) is 3.57. The van der Waals surface area contributed by atoms with Gasteiger partial charge in [-0.05, 0) is 44.4 Å². The smallest absolute Gasteiger partial charge is 0.0660 e. The van der Waals surface area contributed by atoms with Crippen molar-refractivity contribution in [1.82, 2.24) is 0 Å². The number of nitrogens with zero attached hydrogens (tertiary/aromatic N) is 1. The van der Waals surface area contributed by atoms with E-state index in [0.717, 1.165) is 29.0 Å². The molecule has 0 rings (SSSR count). The van der Waals surface area contributed by atoms with Crippen LogP contribution in [0.4, 0.5) is 0 Å². The molecule has 0 atom stereocenters. The SMILES string of the molecule is C=C\C(C)=C/C(/N=C(/C)CC)=C(/C)C=C. The fraction of sp³-hybridized carbons (Fsp3) is 0.357. The molecule has 1 heteroatoms. The van der Waals surface area contributed by atoms with Gasteiger partial charge in [0.2, 0.25) is 0 Å². The van der Waals surface area contributed by atoms with Crippen molar-refractivity contribution in [2.24, 2.45) is 4.99 Å². The molecule has 0 saturated carbocycles. The van der Waals surface area contributed by atoms with Crippen molar-refractivity contribution in [3.63, 3.8) is 0 Å². The van der Waals surface area contributed by atoms with Gasteiger partial charge in [-0.15, -0.1) is 0 Å². The van der Waals surface area contributed by atoms with Gasteiger partial charge in [-0.3, -0.25) is 4.99 Å². The van der Waals surface area contributed by atoms with Crippen molar-refractivity contribution in [1.29, 1.82) is 0 Å². The van der Waals surface area contributed by atoms with E-state index in [4.69, 9.17) is 0 Å². The molecule has 0 amide bonds. The summed E-state index contributed by atoms with van der Waals surface area (Å²) in [5.74, 6) is 0. The van der Waals surface area contributed by atoms with E-state index in [9.17, 15) is 0 Å². The molecular formula is C14H21N. The Balaban J connectivity index is 5.27. The summed E-state index contributed by atoms with van der Waals surface area (Å²) in [6.45, 7) is 15.7. The lowest BCUT2D eigenvalue weighted by atomic mass is 10.1. The van der Waals surface area contributed by atoms with Gasteiger partial charge in [0.05, 0.1) is 5.70 Å². The summed E-state index contributed by atoms with van der Waals surface area (Å²) < 4.78 is 0. The number of aliphatic imine (C=N–C) groups is 1. The molecule has 0 unspecified atom stereocenters. The van der Waals surface area contributed by atoms with Crippen LogP contribution in [-0.4, -0.2) is 5.71 Å². The van der Waals surface area contributed by atoms with Crippen LogP contribution in [-0.2, 0) is 0 Å². The molecule has 0 aromatic rings. The van der Waals surface area contributed by atoms with Crippen LogP contribution in [0.3, 0.4) is 0 Å². The fourth-order valence-corrected chi connectivity index (χ4v) is 0.898. The second-order valence-corrected chi connectivity index (χ2v) is 3.57. The summed E-state index contributed by atoms with van der Waals surface area (Å²) in [5.41, 5.74) is 4.30. The summed E-state index contributed by atoms with van der Waals surface area (Å²) in [6.07, 6.45) is 6.65. The molecule has 0 fully saturated rings. The zero-order valence-corrected chi connectivity index (χ0v) is 10.3.